The number of carbonyl (C=O) groups excluding carboxylic acids is 4. The number of nitrogens with zero attached hydrogens (tertiary/aromatic N) is 2. The van der Waals surface area contributed by atoms with E-state index in [1.54, 1.807) is 0 Å². The van der Waals surface area contributed by atoms with Gasteiger partial charge in [-0.15, -0.1) is 6.58 Å². The van der Waals surface area contributed by atoms with Crippen LogP contribution in [0.15, 0.2) is 43.0 Å². The van der Waals surface area contributed by atoms with Gasteiger partial charge in [0.1, 0.15) is 6.54 Å². The summed E-state index contributed by atoms with van der Waals surface area (Å²) in [6.45, 7) is 2.67. The summed E-state index contributed by atoms with van der Waals surface area (Å²) in [5.41, 5.74) is 0.902. The lowest BCUT2D eigenvalue weighted by Crippen LogP contribution is -2.45. The fourth-order valence-corrected chi connectivity index (χ4v) is 2.82. The normalized spacial score (nSPS) is 14.9. The van der Waals surface area contributed by atoms with Gasteiger partial charge in [-0.05, 0) is 18.4 Å². The summed E-state index contributed by atoms with van der Waals surface area (Å²) < 4.78 is 0. The quantitative estimate of drug-likeness (QED) is 0.343. The number of hydrogen-bond acceptors (Lipinski definition) is 5. The molecule has 2 N–H and O–H groups in total. The van der Waals surface area contributed by atoms with E-state index in [1.165, 1.54) is 6.08 Å². The van der Waals surface area contributed by atoms with Crippen molar-refractivity contribution in [2.24, 2.45) is 0 Å². The van der Waals surface area contributed by atoms with Crippen molar-refractivity contribution in [3.05, 3.63) is 48.6 Å². The van der Waals surface area contributed by atoms with Gasteiger partial charge in [0.05, 0.1) is 0 Å². The summed E-state index contributed by atoms with van der Waals surface area (Å²) in [6.07, 6.45) is 1.72. The first-order chi connectivity index (χ1) is 13.3. The average Bonchev–Trinajstić information content (AvgIpc) is 2.85. The third-order valence-corrected chi connectivity index (χ3v) is 4.15. The molecule has 1 unspecified atom stereocenters. The van der Waals surface area contributed by atoms with E-state index in [-0.39, 0.29) is 19.4 Å². The number of carboxylic acid groups (broad SMARTS) is 1. The topological polar surface area (TPSA) is 124 Å². The first kappa shape index (κ1) is 20.8. The van der Waals surface area contributed by atoms with Crippen molar-refractivity contribution in [2.45, 2.75) is 25.3 Å². The molecule has 148 valence electrons. The molecule has 1 fully saturated rings. The molecule has 0 aromatic heterocycles. The van der Waals surface area contributed by atoms with Crippen molar-refractivity contribution in [2.75, 3.05) is 13.1 Å². The molecule has 1 aromatic rings. The van der Waals surface area contributed by atoms with Crippen LogP contribution in [0.4, 0.5) is 4.79 Å². The zero-order valence-electron chi connectivity index (χ0n) is 15.2. The Morgan fingerprint density at radius 1 is 1.11 bits per heavy atom. The number of carboxylic acids is 1. The summed E-state index contributed by atoms with van der Waals surface area (Å²) in [5.74, 6) is -3.74. The molecule has 9 nitrogen and oxygen atoms in total. The third-order valence-electron chi connectivity index (χ3n) is 4.15. The minimum Gasteiger partial charge on any atom is -0.481 e. The molecule has 9 heteroatoms. The number of amides is 5. The predicted octanol–water partition coefficient (Wildman–Crippen LogP) is 0.556. The summed E-state index contributed by atoms with van der Waals surface area (Å²) >= 11 is 0. The second-order valence-corrected chi connectivity index (χ2v) is 6.26. The zero-order chi connectivity index (χ0) is 20.7. The fraction of sp³-hybridized carbons (Fsp3) is 0.316. The van der Waals surface area contributed by atoms with Crippen LogP contribution in [0.1, 0.15) is 18.4 Å². The number of benzene rings is 1. The Kier molecular flexibility index (Phi) is 7.02. The highest BCUT2D eigenvalue weighted by molar-refractivity contribution is 6.45. The molecule has 0 radical (unpaired) electrons. The van der Waals surface area contributed by atoms with Gasteiger partial charge in [0.25, 0.3) is 0 Å². The van der Waals surface area contributed by atoms with Crippen LogP contribution in [-0.2, 0) is 25.6 Å². The van der Waals surface area contributed by atoms with Crippen molar-refractivity contribution >= 4 is 29.7 Å². The van der Waals surface area contributed by atoms with Gasteiger partial charge < -0.3 is 10.4 Å². The maximum atomic E-state index is 12.4. The molecule has 0 aliphatic carbocycles. The van der Waals surface area contributed by atoms with Crippen LogP contribution >= 0.6 is 0 Å². The molecule has 2 rings (SSSR count). The number of hydrogen-bond donors (Lipinski definition) is 2. The largest absolute Gasteiger partial charge is 0.481 e. The van der Waals surface area contributed by atoms with Crippen LogP contribution < -0.4 is 5.32 Å². The van der Waals surface area contributed by atoms with Crippen molar-refractivity contribution in [3.8, 4) is 0 Å². The number of aliphatic carboxylic acids is 1. The second-order valence-electron chi connectivity index (χ2n) is 6.26. The molecule has 5 amide bonds. The van der Waals surface area contributed by atoms with Gasteiger partial charge in [0, 0.05) is 19.0 Å². The van der Waals surface area contributed by atoms with Gasteiger partial charge in [-0.1, -0.05) is 36.4 Å². The summed E-state index contributed by atoms with van der Waals surface area (Å²) in [5, 5.41) is 11.6. The van der Waals surface area contributed by atoms with E-state index < -0.39 is 42.3 Å². The number of imide groups is 2. The Bertz CT molecular complexity index is 792. The molecule has 1 aliphatic rings. The number of carbonyl (C=O) groups is 5. The monoisotopic (exact) mass is 387 g/mol. The molecule has 0 spiro atoms. The van der Waals surface area contributed by atoms with E-state index in [0.29, 0.717) is 16.2 Å². The van der Waals surface area contributed by atoms with Crippen molar-refractivity contribution in [3.63, 3.8) is 0 Å². The van der Waals surface area contributed by atoms with E-state index in [9.17, 15) is 24.0 Å². The number of nitrogens with one attached hydrogen (secondary N) is 1. The van der Waals surface area contributed by atoms with Gasteiger partial charge >= 0.3 is 23.8 Å². The lowest BCUT2D eigenvalue weighted by molar-refractivity contribution is -0.143. The minimum absolute atomic E-state index is 0.128. The molecule has 0 bridgehead atoms. The van der Waals surface area contributed by atoms with Gasteiger partial charge in [-0.2, -0.15) is 0 Å². The van der Waals surface area contributed by atoms with Crippen LogP contribution in [0.2, 0.25) is 0 Å². The Labute approximate surface area is 161 Å². The minimum atomic E-state index is -1.08. The van der Waals surface area contributed by atoms with E-state index in [1.807, 2.05) is 30.3 Å². The van der Waals surface area contributed by atoms with Crippen LogP contribution in [0.3, 0.4) is 0 Å². The molecule has 1 saturated heterocycles. The van der Waals surface area contributed by atoms with Gasteiger partial charge in [-0.3, -0.25) is 24.1 Å². The molecular formula is C19H21N3O6. The van der Waals surface area contributed by atoms with Gasteiger partial charge in [0.15, 0.2) is 0 Å². The first-order valence-corrected chi connectivity index (χ1v) is 8.66. The molecule has 28 heavy (non-hydrogen) atoms. The van der Waals surface area contributed by atoms with E-state index >= 15 is 0 Å². The summed E-state index contributed by atoms with van der Waals surface area (Å²) in [6, 6.07) is 7.80. The molecule has 1 atom stereocenters. The molecule has 1 aliphatic heterocycles. The smallest absolute Gasteiger partial charge is 0.335 e. The number of urea groups is 1. The molecule has 0 saturated carbocycles. The molecule has 1 heterocycles. The third kappa shape index (κ3) is 5.26. The van der Waals surface area contributed by atoms with Crippen LogP contribution in [0.25, 0.3) is 0 Å². The van der Waals surface area contributed by atoms with E-state index in [4.69, 9.17) is 5.11 Å². The Morgan fingerprint density at radius 3 is 2.36 bits per heavy atom. The molecule has 1 aromatic carbocycles. The fourth-order valence-electron chi connectivity index (χ4n) is 2.82. The Balaban J connectivity index is 2.03. The van der Waals surface area contributed by atoms with Crippen molar-refractivity contribution in [1.29, 1.82) is 0 Å². The Morgan fingerprint density at radius 2 is 1.75 bits per heavy atom. The van der Waals surface area contributed by atoms with E-state index in [2.05, 4.69) is 11.9 Å². The summed E-state index contributed by atoms with van der Waals surface area (Å²) in [4.78, 5) is 60.4. The second kappa shape index (κ2) is 9.45. The maximum absolute atomic E-state index is 12.4. The van der Waals surface area contributed by atoms with Gasteiger partial charge in [-0.25, -0.2) is 9.69 Å². The average molecular weight is 387 g/mol. The maximum Gasteiger partial charge on any atom is 0.335 e. The number of rotatable bonds is 10. The van der Waals surface area contributed by atoms with E-state index in [0.717, 1.165) is 5.56 Å². The first-order valence-electron chi connectivity index (χ1n) is 8.66. The standard InChI is InChI=1S/C19H21N3O6/c1-2-10-21-17(26)18(27)22(19(21)28)12-15(23)20-14(8-9-16(24)25)11-13-6-4-3-5-7-13/h2-7,14H,1,8-12H2,(H,20,23)(H,24,25). The van der Waals surface area contributed by atoms with Crippen LogP contribution in [-0.4, -0.2) is 63.8 Å². The van der Waals surface area contributed by atoms with Crippen molar-refractivity contribution in [1.82, 2.24) is 15.1 Å². The zero-order valence-corrected chi connectivity index (χ0v) is 15.2. The highest BCUT2D eigenvalue weighted by Crippen LogP contribution is 2.12. The van der Waals surface area contributed by atoms with Crippen molar-refractivity contribution < 1.29 is 29.1 Å². The van der Waals surface area contributed by atoms with Crippen LogP contribution in [0.5, 0.6) is 0 Å². The Hall–Kier alpha value is -3.49. The van der Waals surface area contributed by atoms with Crippen LogP contribution in [0, 0.1) is 0 Å². The lowest BCUT2D eigenvalue weighted by atomic mass is 10.0. The lowest BCUT2D eigenvalue weighted by Gasteiger charge is -2.20. The van der Waals surface area contributed by atoms with Gasteiger partial charge in [0.2, 0.25) is 5.91 Å². The highest BCUT2D eigenvalue weighted by atomic mass is 16.4. The predicted molar refractivity (Wildman–Crippen MR) is 98.0 cm³/mol. The SMILES string of the molecule is C=CCN1C(=O)C(=O)N(CC(=O)NC(CCC(=O)O)Cc2ccccc2)C1=O. The highest BCUT2D eigenvalue weighted by Gasteiger charge is 2.44. The summed E-state index contributed by atoms with van der Waals surface area (Å²) in [7, 11) is 0. The molecular weight excluding hydrogens is 366 g/mol.